The van der Waals surface area contributed by atoms with Crippen molar-refractivity contribution in [2.24, 2.45) is 0 Å². The molecule has 2 aromatic rings. The SMILES string of the molecule is Cc1cc(/C=C/C(=O)c2ccc3c(c2)NC(=O)CO3)cc(C)c1OC(F)F. The first-order chi connectivity index (χ1) is 12.8. The lowest BCUT2D eigenvalue weighted by atomic mass is 10.0. The van der Waals surface area contributed by atoms with Gasteiger partial charge in [0, 0.05) is 5.56 Å². The molecule has 0 bridgehead atoms. The highest BCUT2D eigenvalue weighted by Gasteiger charge is 2.17. The molecule has 2 aromatic carbocycles. The summed E-state index contributed by atoms with van der Waals surface area (Å²) in [5.74, 6) is 0.107. The molecule has 1 aliphatic rings. The second kappa shape index (κ2) is 7.57. The van der Waals surface area contributed by atoms with Crippen LogP contribution in [0.25, 0.3) is 6.08 Å². The van der Waals surface area contributed by atoms with E-state index in [0.29, 0.717) is 33.7 Å². The molecule has 0 spiro atoms. The largest absolute Gasteiger partial charge is 0.482 e. The van der Waals surface area contributed by atoms with Crippen LogP contribution in [-0.2, 0) is 4.79 Å². The number of anilines is 1. The molecule has 1 heterocycles. The van der Waals surface area contributed by atoms with Crippen LogP contribution in [0, 0.1) is 13.8 Å². The van der Waals surface area contributed by atoms with Crippen molar-refractivity contribution in [2.45, 2.75) is 20.5 Å². The molecular formula is C20H17F2NO4. The number of nitrogens with one attached hydrogen (secondary N) is 1. The van der Waals surface area contributed by atoms with Gasteiger partial charge in [-0.2, -0.15) is 8.78 Å². The zero-order valence-electron chi connectivity index (χ0n) is 14.7. The second-order valence-electron chi connectivity index (χ2n) is 6.11. The molecule has 5 nitrogen and oxygen atoms in total. The van der Waals surface area contributed by atoms with E-state index < -0.39 is 6.61 Å². The molecule has 0 aliphatic carbocycles. The molecule has 0 radical (unpaired) electrons. The molecule has 0 saturated heterocycles. The molecule has 140 valence electrons. The van der Waals surface area contributed by atoms with E-state index in [1.165, 1.54) is 6.08 Å². The molecule has 0 unspecified atom stereocenters. The van der Waals surface area contributed by atoms with Gasteiger partial charge in [0.25, 0.3) is 5.91 Å². The lowest BCUT2D eigenvalue weighted by molar-refractivity contribution is -0.118. The van der Waals surface area contributed by atoms with E-state index in [4.69, 9.17) is 4.74 Å². The number of halogens is 2. The molecule has 0 atom stereocenters. The van der Waals surface area contributed by atoms with Crippen LogP contribution in [0.3, 0.4) is 0 Å². The maximum Gasteiger partial charge on any atom is 0.387 e. The number of rotatable bonds is 5. The normalized spacial score (nSPS) is 13.3. The molecule has 1 amide bonds. The number of carbonyl (C=O) groups excluding carboxylic acids is 2. The zero-order chi connectivity index (χ0) is 19.6. The molecule has 3 rings (SSSR count). The molecule has 0 fully saturated rings. The fourth-order valence-electron chi connectivity index (χ4n) is 2.86. The predicted octanol–water partition coefficient (Wildman–Crippen LogP) is 4.13. The number of benzene rings is 2. The topological polar surface area (TPSA) is 64.6 Å². The summed E-state index contributed by atoms with van der Waals surface area (Å²) in [4.78, 5) is 23.8. The Morgan fingerprint density at radius 3 is 2.59 bits per heavy atom. The highest BCUT2D eigenvalue weighted by Crippen LogP contribution is 2.29. The van der Waals surface area contributed by atoms with E-state index in [1.807, 2.05) is 0 Å². The number of aryl methyl sites for hydroxylation is 2. The number of hydrogen-bond acceptors (Lipinski definition) is 4. The van der Waals surface area contributed by atoms with E-state index in [-0.39, 0.29) is 24.0 Å². The summed E-state index contributed by atoms with van der Waals surface area (Å²) in [5.41, 5.74) is 2.63. The van der Waals surface area contributed by atoms with Crippen LogP contribution < -0.4 is 14.8 Å². The summed E-state index contributed by atoms with van der Waals surface area (Å²) in [5, 5.41) is 2.65. The Balaban J connectivity index is 1.79. The van der Waals surface area contributed by atoms with Crippen molar-refractivity contribution < 1.29 is 27.8 Å². The van der Waals surface area contributed by atoms with Crippen molar-refractivity contribution in [2.75, 3.05) is 11.9 Å². The Morgan fingerprint density at radius 1 is 1.22 bits per heavy atom. The highest BCUT2D eigenvalue weighted by molar-refractivity contribution is 6.08. The Morgan fingerprint density at radius 2 is 1.93 bits per heavy atom. The van der Waals surface area contributed by atoms with Crippen molar-refractivity contribution in [3.05, 3.63) is 58.7 Å². The third-order valence-electron chi connectivity index (χ3n) is 4.01. The fourth-order valence-corrected chi connectivity index (χ4v) is 2.86. The second-order valence-corrected chi connectivity index (χ2v) is 6.11. The van der Waals surface area contributed by atoms with E-state index in [2.05, 4.69) is 10.1 Å². The standard InChI is InChI=1S/C20H17F2NO4/c1-11-7-13(8-12(2)19(11)27-20(21)22)3-5-16(24)14-4-6-17-15(9-14)23-18(25)10-26-17/h3-9,20H,10H2,1-2H3,(H,23,25)/b5-3+. The van der Waals surface area contributed by atoms with Gasteiger partial charge in [-0.25, -0.2) is 0 Å². The van der Waals surface area contributed by atoms with Crippen LogP contribution in [0.1, 0.15) is 27.0 Å². The third-order valence-corrected chi connectivity index (χ3v) is 4.01. The van der Waals surface area contributed by atoms with Crippen LogP contribution >= 0.6 is 0 Å². The third kappa shape index (κ3) is 4.31. The zero-order valence-corrected chi connectivity index (χ0v) is 14.7. The molecular weight excluding hydrogens is 356 g/mol. The Hall–Kier alpha value is -3.22. The number of ketones is 1. The van der Waals surface area contributed by atoms with E-state index >= 15 is 0 Å². The lowest BCUT2D eigenvalue weighted by Crippen LogP contribution is -2.25. The number of alkyl halides is 2. The Labute approximate surface area is 154 Å². The molecule has 1 aliphatic heterocycles. The number of fused-ring (bicyclic) bond motifs is 1. The van der Waals surface area contributed by atoms with Gasteiger partial charge in [0.1, 0.15) is 11.5 Å². The van der Waals surface area contributed by atoms with Crippen molar-refractivity contribution in [1.82, 2.24) is 0 Å². The van der Waals surface area contributed by atoms with Gasteiger partial charge < -0.3 is 14.8 Å². The van der Waals surface area contributed by atoms with Crippen LogP contribution in [0.4, 0.5) is 14.5 Å². The van der Waals surface area contributed by atoms with E-state index in [9.17, 15) is 18.4 Å². The summed E-state index contributed by atoms with van der Waals surface area (Å²) in [7, 11) is 0. The smallest absolute Gasteiger partial charge is 0.387 e. The first-order valence-corrected chi connectivity index (χ1v) is 8.18. The minimum Gasteiger partial charge on any atom is -0.482 e. The van der Waals surface area contributed by atoms with Gasteiger partial charge in [-0.15, -0.1) is 0 Å². The van der Waals surface area contributed by atoms with E-state index in [1.54, 1.807) is 50.3 Å². The number of hydrogen-bond donors (Lipinski definition) is 1. The van der Waals surface area contributed by atoms with Crippen LogP contribution in [-0.4, -0.2) is 24.9 Å². The number of allylic oxidation sites excluding steroid dienone is 1. The highest BCUT2D eigenvalue weighted by atomic mass is 19.3. The van der Waals surface area contributed by atoms with Crippen molar-refractivity contribution in [3.8, 4) is 11.5 Å². The van der Waals surface area contributed by atoms with Crippen molar-refractivity contribution in [3.63, 3.8) is 0 Å². The quantitative estimate of drug-likeness (QED) is 0.632. The van der Waals surface area contributed by atoms with Crippen molar-refractivity contribution in [1.29, 1.82) is 0 Å². The van der Waals surface area contributed by atoms with Gasteiger partial charge in [0.2, 0.25) is 0 Å². The average molecular weight is 373 g/mol. The number of amides is 1. The first-order valence-electron chi connectivity index (χ1n) is 8.18. The lowest BCUT2D eigenvalue weighted by Gasteiger charge is -2.18. The summed E-state index contributed by atoms with van der Waals surface area (Å²) in [6.07, 6.45) is 2.98. The molecule has 7 heteroatoms. The summed E-state index contributed by atoms with van der Waals surface area (Å²) in [6, 6.07) is 8.11. The van der Waals surface area contributed by atoms with Crippen molar-refractivity contribution >= 4 is 23.5 Å². The molecule has 1 N–H and O–H groups in total. The maximum atomic E-state index is 12.5. The molecule has 27 heavy (non-hydrogen) atoms. The Kier molecular flexibility index (Phi) is 5.21. The maximum absolute atomic E-state index is 12.5. The minimum atomic E-state index is -2.89. The monoisotopic (exact) mass is 373 g/mol. The minimum absolute atomic E-state index is 0.0514. The predicted molar refractivity (Wildman–Crippen MR) is 96.5 cm³/mol. The average Bonchev–Trinajstić information content (AvgIpc) is 2.62. The molecule has 0 aromatic heterocycles. The van der Waals surface area contributed by atoms with Gasteiger partial charge in [0.15, 0.2) is 12.4 Å². The Bertz CT molecular complexity index is 915. The van der Waals surface area contributed by atoms with Crippen LogP contribution in [0.15, 0.2) is 36.4 Å². The van der Waals surface area contributed by atoms with Gasteiger partial charge in [-0.1, -0.05) is 6.08 Å². The number of carbonyl (C=O) groups is 2. The van der Waals surface area contributed by atoms with Gasteiger partial charge in [0.05, 0.1) is 5.69 Å². The first kappa shape index (κ1) is 18.6. The number of ether oxygens (including phenoxy) is 2. The molecule has 0 saturated carbocycles. The van der Waals surface area contributed by atoms with Gasteiger partial charge >= 0.3 is 6.61 Å². The summed E-state index contributed by atoms with van der Waals surface area (Å²) < 4.78 is 34.7. The summed E-state index contributed by atoms with van der Waals surface area (Å²) in [6.45, 7) is 0.384. The summed E-state index contributed by atoms with van der Waals surface area (Å²) >= 11 is 0. The van der Waals surface area contributed by atoms with Crippen LogP contribution in [0.5, 0.6) is 11.5 Å². The fraction of sp³-hybridized carbons (Fsp3) is 0.200. The van der Waals surface area contributed by atoms with Gasteiger partial charge in [-0.05, 0) is 66.9 Å². The van der Waals surface area contributed by atoms with Gasteiger partial charge in [-0.3, -0.25) is 9.59 Å². The van der Waals surface area contributed by atoms with Crippen LogP contribution in [0.2, 0.25) is 0 Å². The van der Waals surface area contributed by atoms with E-state index in [0.717, 1.165) is 0 Å².